The van der Waals surface area contributed by atoms with E-state index in [4.69, 9.17) is 15.2 Å². The maximum Gasteiger partial charge on any atom is 0.162 e. The van der Waals surface area contributed by atoms with Crippen LogP contribution in [0.15, 0.2) is 67.3 Å². The molecule has 32 heavy (non-hydrogen) atoms. The zero-order valence-corrected chi connectivity index (χ0v) is 17.5. The molecule has 0 aliphatic heterocycles. The predicted octanol–water partition coefficient (Wildman–Crippen LogP) is 4.58. The van der Waals surface area contributed by atoms with Gasteiger partial charge in [0.2, 0.25) is 0 Å². The van der Waals surface area contributed by atoms with E-state index in [1.807, 2.05) is 42.5 Å². The molecule has 5 rings (SSSR count). The molecular formula is C24H20N6O2. The van der Waals surface area contributed by atoms with Gasteiger partial charge in [0.05, 0.1) is 37.3 Å². The molecule has 8 heteroatoms. The molecule has 0 aliphatic rings. The van der Waals surface area contributed by atoms with Gasteiger partial charge in [-0.25, -0.2) is 9.97 Å². The van der Waals surface area contributed by atoms with Gasteiger partial charge in [-0.3, -0.25) is 9.97 Å². The Kier molecular flexibility index (Phi) is 4.87. The first-order valence-electron chi connectivity index (χ1n) is 9.90. The number of fused-ring (bicyclic) bond motifs is 3. The van der Waals surface area contributed by atoms with Crippen LogP contribution in [0.4, 0.5) is 17.3 Å². The molecule has 0 unspecified atom stereocenters. The fraction of sp³-hybridized carbons (Fsp3) is 0.0833. The molecule has 0 saturated carbocycles. The molecule has 8 nitrogen and oxygen atoms in total. The largest absolute Gasteiger partial charge is 0.493 e. The molecule has 0 fully saturated rings. The molecule has 4 heterocycles. The first-order valence-corrected chi connectivity index (χ1v) is 9.90. The average molecular weight is 424 g/mol. The first kappa shape index (κ1) is 19.5. The Labute approximate surface area is 184 Å². The van der Waals surface area contributed by atoms with Gasteiger partial charge in [-0.1, -0.05) is 6.07 Å². The maximum absolute atomic E-state index is 6.32. The van der Waals surface area contributed by atoms with Crippen molar-refractivity contribution in [2.24, 2.45) is 0 Å². The number of methoxy groups -OCH3 is 2. The average Bonchev–Trinajstić information content (AvgIpc) is 2.83. The summed E-state index contributed by atoms with van der Waals surface area (Å²) in [6.45, 7) is 0. The fourth-order valence-corrected chi connectivity index (χ4v) is 3.64. The minimum absolute atomic E-state index is 0.393. The first-order chi connectivity index (χ1) is 15.7. The summed E-state index contributed by atoms with van der Waals surface area (Å²) in [6.07, 6.45) is 6.95. The van der Waals surface area contributed by atoms with Crippen molar-refractivity contribution in [1.82, 2.24) is 19.9 Å². The lowest BCUT2D eigenvalue weighted by molar-refractivity contribution is 0.356. The Balaban J connectivity index is 1.65. The van der Waals surface area contributed by atoms with Gasteiger partial charge in [-0.15, -0.1) is 0 Å². The number of nitrogens with one attached hydrogen (secondary N) is 1. The summed E-state index contributed by atoms with van der Waals surface area (Å²) >= 11 is 0. The molecule has 4 aromatic heterocycles. The summed E-state index contributed by atoms with van der Waals surface area (Å²) in [7, 11) is 3.21. The Morgan fingerprint density at radius 2 is 1.69 bits per heavy atom. The second-order valence-electron chi connectivity index (χ2n) is 7.14. The second kappa shape index (κ2) is 7.99. The summed E-state index contributed by atoms with van der Waals surface area (Å²) in [4.78, 5) is 17.8. The van der Waals surface area contributed by atoms with Gasteiger partial charge in [0.15, 0.2) is 11.5 Å². The lowest BCUT2D eigenvalue weighted by atomic mass is 10.0. The van der Waals surface area contributed by atoms with E-state index in [1.165, 1.54) is 0 Å². The Morgan fingerprint density at radius 1 is 0.844 bits per heavy atom. The van der Waals surface area contributed by atoms with Gasteiger partial charge in [0.25, 0.3) is 0 Å². The summed E-state index contributed by atoms with van der Waals surface area (Å²) in [5.74, 6) is 2.36. The van der Waals surface area contributed by atoms with E-state index >= 15 is 0 Å². The number of ether oxygens (including phenoxy) is 2. The monoisotopic (exact) mass is 424 g/mol. The summed E-state index contributed by atoms with van der Waals surface area (Å²) in [5, 5.41) is 5.83. The maximum atomic E-state index is 6.32. The van der Waals surface area contributed by atoms with Crippen molar-refractivity contribution < 1.29 is 9.47 Å². The molecule has 0 atom stereocenters. The smallest absolute Gasteiger partial charge is 0.162 e. The lowest BCUT2D eigenvalue weighted by Crippen LogP contribution is -1.98. The minimum atomic E-state index is 0.393. The van der Waals surface area contributed by atoms with E-state index in [1.54, 1.807) is 39.0 Å². The lowest BCUT2D eigenvalue weighted by Gasteiger charge is -2.12. The highest BCUT2D eigenvalue weighted by Gasteiger charge is 2.14. The van der Waals surface area contributed by atoms with Crippen molar-refractivity contribution in [3.8, 4) is 22.8 Å². The molecule has 0 radical (unpaired) electrons. The van der Waals surface area contributed by atoms with Crippen LogP contribution in [0.1, 0.15) is 0 Å². The molecule has 0 bridgehead atoms. The van der Waals surface area contributed by atoms with Crippen LogP contribution < -0.4 is 20.5 Å². The molecule has 158 valence electrons. The normalized spacial score (nSPS) is 10.9. The van der Waals surface area contributed by atoms with Crippen LogP contribution in [-0.4, -0.2) is 34.2 Å². The van der Waals surface area contributed by atoms with Crippen LogP contribution in [0.3, 0.4) is 0 Å². The summed E-state index contributed by atoms with van der Waals surface area (Å²) in [6, 6.07) is 13.4. The third-order valence-electron chi connectivity index (χ3n) is 5.18. The van der Waals surface area contributed by atoms with Crippen molar-refractivity contribution in [3.63, 3.8) is 0 Å². The van der Waals surface area contributed by atoms with Gasteiger partial charge in [0, 0.05) is 41.0 Å². The molecule has 3 N–H and O–H groups in total. The fourth-order valence-electron chi connectivity index (χ4n) is 3.64. The minimum Gasteiger partial charge on any atom is -0.493 e. The SMILES string of the molecule is COc1cc2ncc3c(N)nc(-c4cncc(Nc5ccccn5)c4)cc3c2cc1OC. The number of hydrogen-bond acceptors (Lipinski definition) is 8. The Hall–Kier alpha value is -4.46. The molecule has 0 saturated heterocycles. The van der Waals surface area contributed by atoms with Crippen molar-refractivity contribution in [2.75, 3.05) is 25.3 Å². The topological polar surface area (TPSA) is 108 Å². The zero-order valence-electron chi connectivity index (χ0n) is 17.5. The van der Waals surface area contributed by atoms with E-state index < -0.39 is 0 Å². The van der Waals surface area contributed by atoms with Crippen LogP contribution in [0.25, 0.3) is 32.9 Å². The number of aromatic nitrogens is 4. The van der Waals surface area contributed by atoms with Crippen molar-refractivity contribution >= 4 is 39.0 Å². The van der Waals surface area contributed by atoms with E-state index in [9.17, 15) is 0 Å². The van der Waals surface area contributed by atoms with E-state index in [0.717, 1.165) is 38.7 Å². The van der Waals surface area contributed by atoms with Crippen LogP contribution >= 0.6 is 0 Å². The molecule has 0 amide bonds. The number of pyridine rings is 4. The van der Waals surface area contributed by atoms with Crippen molar-refractivity contribution in [1.29, 1.82) is 0 Å². The van der Waals surface area contributed by atoms with Crippen molar-refractivity contribution in [2.45, 2.75) is 0 Å². The van der Waals surface area contributed by atoms with Gasteiger partial charge in [-0.05, 0) is 35.7 Å². The number of anilines is 3. The molecule has 0 aliphatic carbocycles. The third-order valence-corrected chi connectivity index (χ3v) is 5.18. The second-order valence-corrected chi connectivity index (χ2v) is 7.14. The Bertz CT molecular complexity index is 1440. The van der Waals surface area contributed by atoms with Crippen molar-refractivity contribution in [3.05, 3.63) is 67.3 Å². The number of nitrogens with zero attached hydrogens (tertiary/aromatic N) is 4. The number of rotatable bonds is 5. The van der Waals surface area contributed by atoms with Crippen LogP contribution in [0, 0.1) is 0 Å². The van der Waals surface area contributed by atoms with Gasteiger partial charge < -0.3 is 20.5 Å². The van der Waals surface area contributed by atoms with E-state index in [2.05, 4.69) is 25.3 Å². The zero-order chi connectivity index (χ0) is 22.1. The van der Waals surface area contributed by atoms with Gasteiger partial charge in [-0.2, -0.15) is 0 Å². The number of nitrogen functional groups attached to an aromatic ring is 1. The van der Waals surface area contributed by atoms with E-state index in [-0.39, 0.29) is 0 Å². The summed E-state index contributed by atoms with van der Waals surface area (Å²) < 4.78 is 10.9. The summed E-state index contributed by atoms with van der Waals surface area (Å²) in [5.41, 5.74) is 9.42. The van der Waals surface area contributed by atoms with Gasteiger partial charge >= 0.3 is 0 Å². The van der Waals surface area contributed by atoms with Gasteiger partial charge in [0.1, 0.15) is 11.6 Å². The van der Waals surface area contributed by atoms with Crippen LogP contribution in [-0.2, 0) is 0 Å². The highest BCUT2D eigenvalue weighted by atomic mass is 16.5. The highest BCUT2D eigenvalue weighted by molar-refractivity contribution is 6.10. The molecule has 1 aromatic carbocycles. The highest BCUT2D eigenvalue weighted by Crippen LogP contribution is 2.37. The quantitative estimate of drug-likeness (QED) is 0.395. The van der Waals surface area contributed by atoms with Crippen LogP contribution in [0.2, 0.25) is 0 Å². The molecule has 0 spiro atoms. The number of hydrogen-bond donors (Lipinski definition) is 2. The third kappa shape index (κ3) is 3.47. The Morgan fingerprint density at radius 3 is 2.47 bits per heavy atom. The number of benzene rings is 1. The standard InChI is InChI=1S/C24H20N6O2/c1-31-21-9-17-16-8-19(30-24(25)18(16)13-28-20(17)10-22(21)32-2)14-7-15(12-26-11-14)29-23-5-3-4-6-27-23/h3-13H,1-2H3,(H2,25,30)(H,27,29). The molecule has 5 aromatic rings. The predicted molar refractivity (Wildman–Crippen MR) is 125 cm³/mol. The van der Waals surface area contributed by atoms with E-state index in [0.29, 0.717) is 23.0 Å². The number of nitrogens with two attached hydrogens (primary N) is 1. The molecular weight excluding hydrogens is 404 g/mol. The van der Waals surface area contributed by atoms with Crippen LogP contribution in [0.5, 0.6) is 11.5 Å².